The molecule has 1 aromatic rings. The van der Waals surface area contributed by atoms with Crippen molar-refractivity contribution in [3.63, 3.8) is 0 Å². The molecule has 5 heteroatoms. The Morgan fingerprint density at radius 1 is 1.21 bits per heavy atom. The van der Waals surface area contributed by atoms with E-state index in [1.165, 1.54) is 25.9 Å². The van der Waals surface area contributed by atoms with E-state index >= 15 is 0 Å². The molecule has 0 aromatic heterocycles. The normalized spacial score (nSPS) is 19.8. The van der Waals surface area contributed by atoms with Gasteiger partial charge in [-0.2, -0.15) is 0 Å². The molecule has 158 valence electrons. The van der Waals surface area contributed by atoms with Gasteiger partial charge >= 0.3 is 0 Å². The summed E-state index contributed by atoms with van der Waals surface area (Å²) in [5.74, 6) is 1.54. The highest BCUT2D eigenvalue weighted by molar-refractivity contribution is 5.97. The van der Waals surface area contributed by atoms with E-state index in [4.69, 9.17) is 9.47 Å². The molecule has 1 fully saturated rings. The van der Waals surface area contributed by atoms with Gasteiger partial charge in [0.1, 0.15) is 18.0 Å². The van der Waals surface area contributed by atoms with E-state index in [2.05, 4.69) is 31.0 Å². The van der Waals surface area contributed by atoms with E-state index in [1.807, 2.05) is 31.2 Å². The number of benzene rings is 1. The summed E-state index contributed by atoms with van der Waals surface area (Å²) in [4.78, 5) is 15.2. The van der Waals surface area contributed by atoms with Crippen LogP contribution < -0.4 is 10.1 Å². The number of nitrogens with zero attached hydrogens (tertiary/aromatic N) is 1. The number of ether oxygens (including phenoxy) is 2. The maximum Gasteiger partial charge on any atom is 0.256 e. The number of hydrogen-bond donors (Lipinski definition) is 1. The molecule has 0 aliphatic carbocycles. The smallest absolute Gasteiger partial charge is 0.256 e. The highest BCUT2D eigenvalue weighted by Crippen LogP contribution is 2.22. The summed E-state index contributed by atoms with van der Waals surface area (Å²) in [6, 6.07) is 7.61. The summed E-state index contributed by atoms with van der Waals surface area (Å²) in [6.45, 7) is 12.9. The molecule has 0 unspecified atom stereocenters. The molecular weight excluding hydrogens is 352 g/mol. The number of anilines is 1. The Kier molecular flexibility index (Phi) is 9.26. The number of likely N-dealkylation sites (tertiary alicyclic amines) is 1. The van der Waals surface area contributed by atoms with Crippen molar-refractivity contribution in [1.82, 2.24) is 4.90 Å². The quantitative estimate of drug-likeness (QED) is 0.594. The largest absolute Gasteiger partial charge is 0.492 e. The van der Waals surface area contributed by atoms with Gasteiger partial charge in [0.15, 0.2) is 0 Å². The third-order valence-electron chi connectivity index (χ3n) is 5.36. The van der Waals surface area contributed by atoms with Crippen LogP contribution in [0.3, 0.4) is 0 Å². The zero-order valence-electron chi connectivity index (χ0n) is 18.1. The van der Waals surface area contributed by atoms with Crippen molar-refractivity contribution < 1.29 is 14.3 Å². The van der Waals surface area contributed by atoms with Crippen LogP contribution in [0, 0.1) is 5.92 Å². The lowest BCUT2D eigenvalue weighted by molar-refractivity contribution is -0.140. The lowest BCUT2D eigenvalue weighted by atomic mass is 9.99. The van der Waals surface area contributed by atoms with E-state index in [0.29, 0.717) is 19.6 Å². The van der Waals surface area contributed by atoms with Crippen molar-refractivity contribution in [2.24, 2.45) is 5.92 Å². The van der Waals surface area contributed by atoms with Gasteiger partial charge in [0.25, 0.3) is 5.91 Å². The van der Waals surface area contributed by atoms with Crippen molar-refractivity contribution in [2.75, 3.05) is 38.2 Å². The highest BCUT2D eigenvalue weighted by Gasteiger charge is 2.33. The molecule has 0 spiro atoms. The van der Waals surface area contributed by atoms with Crippen LogP contribution in [0.4, 0.5) is 5.69 Å². The molecule has 1 amide bonds. The minimum absolute atomic E-state index is 0.0873. The Hall–Kier alpha value is -1.59. The molecule has 1 aliphatic heterocycles. The second kappa shape index (κ2) is 11.4. The monoisotopic (exact) mass is 390 g/mol. The van der Waals surface area contributed by atoms with E-state index < -0.39 is 5.60 Å². The third kappa shape index (κ3) is 7.10. The molecule has 2 rings (SSSR count). The molecule has 0 saturated carbocycles. The maximum absolute atomic E-state index is 12.7. The lowest BCUT2D eigenvalue weighted by Crippen LogP contribution is -2.43. The molecule has 0 radical (unpaired) electrons. The zero-order valence-corrected chi connectivity index (χ0v) is 18.1. The fraction of sp³-hybridized carbons (Fsp3) is 0.696. The number of piperidine rings is 1. The Labute approximate surface area is 170 Å². The van der Waals surface area contributed by atoms with Gasteiger partial charge < -0.3 is 14.8 Å². The second-order valence-electron chi connectivity index (χ2n) is 8.20. The topological polar surface area (TPSA) is 50.8 Å². The summed E-state index contributed by atoms with van der Waals surface area (Å²) in [6.07, 6.45) is 5.13. The number of rotatable bonds is 11. The molecule has 0 bridgehead atoms. The average Bonchev–Trinajstić information content (AvgIpc) is 2.68. The van der Waals surface area contributed by atoms with E-state index in [1.54, 1.807) is 0 Å². The van der Waals surface area contributed by atoms with Gasteiger partial charge in [-0.1, -0.05) is 27.2 Å². The first-order chi connectivity index (χ1) is 13.5. The van der Waals surface area contributed by atoms with E-state index in [0.717, 1.165) is 36.7 Å². The molecule has 28 heavy (non-hydrogen) atoms. The van der Waals surface area contributed by atoms with Crippen LogP contribution in [0.25, 0.3) is 0 Å². The van der Waals surface area contributed by atoms with Gasteiger partial charge in [-0.25, -0.2) is 0 Å². The predicted molar refractivity (Wildman–Crippen MR) is 115 cm³/mol. The molecule has 5 nitrogen and oxygen atoms in total. The van der Waals surface area contributed by atoms with E-state index in [9.17, 15) is 4.79 Å². The second-order valence-corrected chi connectivity index (χ2v) is 8.20. The van der Waals surface area contributed by atoms with Crippen molar-refractivity contribution in [1.29, 1.82) is 0 Å². The van der Waals surface area contributed by atoms with Gasteiger partial charge in [0.05, 0.1) is 0 Å². The lowest BCUT2D eigenvalue weighted by Gasteiger charge is -2.30. The van der Waals surface area contributed by atoms with Crippen LogP contribution in [0.1, 0.15) is 59.8 Å². The Bertz CT molecular complexity index is 590. The van der Waals surface area contributed by atoms with Crippen molar-refractivity contribution in [2.45, 2.75) is 65.4 Å². The Morgan fingerprint density at radius 2 is 1.96 bits per heavy atom. The minimum atomic E-state index is -0.786. The summed E-state index contributed by atoms with van der Waals surface area (Å²) in [5, 5.41) is 2.99. The number of amides is 1. The van der Waals surface area contributed by atoms with Crippen molar-refractivity contribution in [3.05, 3.63) is 24.3 Å². The van der Waals surface area contributed by atoms with E-state index in [-0.39, 0.29) is 5.91 Å². The van der Waals surface area contributed by atoms with Crippen LogP contribution in [0.15, 0.2) is 24.3 Å². The van der Waals surface area contributed by atoms with Gasteiger partial charge in [0, 0.05) is 25.4 Å². The number of nitrogens with one attached hydrogen (secondary N) is 1. The van der Waals surface area contributed by atoms with Crippen LogP contribution in [-0.4, -0.2) is 49.3 Å². The van der Waals surface area contributed by atoms with Gasteiger partial charge in [-0.15, -0.1) is 0 Å². The maximum atomic E-state index is 12.7. The number of hydrogen-bond acceptors (Lipinski definition) is 4. The predicted octanol–water partition coefficient (Wildman–Crippen LogP) is 4.72. The third-order valence-corrected chi connectivity index (χ3v) is 5.36. The van der Waals surface area contributed by atoms with Gasteiger partial charge in [0.2, 0.25) is 0 Å². The molecule has 1 saturated heterocycles. The van der Waals surface area contributed by atoms with Gasteiger partial charge in [-0.05, 0) is 69.3 Å². The summed E-state index contributed by atoms with van der Waals surface area (Å²) in [7, 11) is 0. The molecule has 1 aliphatic rings. The SMILES string of the molecule is CCCO[C@@](C)(CCC)C(=O)Nc1ccc(OCCN2CCC[C@H](C)C2)cc1. The van der Waals surface area contributed by atoms with Crippen LogP contribution in [0.2, 0.25) is 0 Å². The zero-order chi connectivity index (χ0) is 20.4. The minimum Gasteiger partial charge on any atom is -0.492 e. The number of carbonyl (C=O) groups excluding carboxylic acids is 1. The van der Waals surface area contributed by atoms with Crippen LogP contribution in [-0.2, 0) is 9.53 Å². The standard InChI is InChI=1S/C23H38N2O3/c1-5-13-23(4,28-16-6-2)22(26)24-20-9-11-21(12-10-20)27-17-15-25-14-7-8-19(3)18-25/h9-12,19H,5-8,13-18H2,1-4H3,(H,24,26)/t19-,23-/m0/s1. The number of carbonyl (C=O) groups is 1. The molecular formula is C23H38N2O3. The van der Waals surface area contributed by atoms with Crippen molar-refractivity contribution in [3.8, 4) is 5.75 Å². The summed E-state index contributed by atoms with van der Waals surface area (Å²) < 4.78 is 11.7. The summed E-state index contributed by atoms with van der Waals surface area (Å²) in [5.41, 5.74) is -0.0180. The molecule has 1 N–H and O–H groups in total. The molecule has 2 atom stereocenters. The van der Waals surface area contributed by atoms with Crippen LogP contribution >= 0.6 is 0 Å². The first-order valence-corrected chi connectivity index (χ1v) is 10.9. The average molecular weight is 391 g/mol. The van der Waals surface area contributed by atoms with Gasteiger partial charge in [-0.3, -0.25) is 9.69 Å². The highest BCUT2D eigenvalue weighted by atomic mass is 16.5. The first kappa shape index (κ1) is 22.7. The Balaban J connectivity index is 1.81. The van der Waals surface area contributed by atoms with Crippen molar-refractivity contribution >= 4 is 11.6 Å². The Morgan fingerprint density at radius 3 is 2.61 bits per heavy atom. The molecule has 1 aromatic carbocycles. The summed E-state index contributed by atoms with van der Waals surface area (Å²) >= 11 is 0. The fourth-order valence-electron chi connectivity index (χ4n) is 3.74. The molecule has 1 heterocycles. The van der Waals surface area contributed by atoms with Crippen LogP contribution in [0.5, 0.6) is 5.75 Å². The first-order valence-electron chi connectivity index (χ1n) is 10.9. The fourth-order valence-corrected chi connectivity index (χ4v) is 3.74.